The first kappa shape index (κ1) is 10.2. The molecule has 2 nitrogen and oxygen atoms in total. The number of hydrogen-bond acceptors (Lipinski definition) is 2. The van der Waals surface area contributed by atoms with Crippen LogP contribution >= 0.6 is 12.2 Å². The minimum atomic E-state index is -0.983. The molecule has 10 heavy (non-hydrogen) atoms. The van der Waals surface area contributed by atoms with Gasteiger partial charge in [-0.3, -0.25) is 0 Å². The zero-order valence-corrected chi connectivity index (χ0v) is 8.22. The Labute approximate surface area is 70.8 Å². The Balaban J connectivity index is 3.89. The second-order valence-corrected chi connectivity index (χ2v) is 3.83. The highest BCUT2D eigenvalue weighted by Crippen LogP contribution is 1.98. The monoisotopic (exact) mass is 179 g/mol. The molecule has 0 amide bonds. The van der Waals surface area contributed by atoms with Gasteiger partial charge in [0.1, 0.15) is 6.26 Å². The van der Waals surface area contributed by atoms with Gasteiger partial charge in [-0.05, 0) is 26.1 Å². The van der Waals surface area contributed by atoms with Gasteiger partial charge < -0.3 is 9.45 Å². The van der Waals surface area contributed by atoms with Gasteiger partial charge in [0, 0.05) is 24.3 Å². The van der Waals surface area contributed by atoms with Gasteiger partial charge in [0.15, 0.2) is 0 Å². The molecule has 0 saturated heterocycles. The van der Waals surface area contributed by atoms with Crippen LogP contribution in [0.25, 0.3) is 0 Å². The third-order valence-electron chi connectivity index (χ3n) is 1.27. The minimum absolute atomic E-state index is 0.560. The van der Waals surface area contributed by atoms with Crippen LogP contribution in [0.15, 0.2) is 0 Å². The molecular formula is C6H13NOS2. The lowest BCUT2D eigenvalue weighted by atomic mass is 10.6. The zero-order valence-electron chi connectivity index (χ0n) is 6.59. The average Bonchev–Trinajstić information content (AvgIpc) is 1.90. The van der Waals surface area contributed by atoms with Gasteiger partial charge in [0.2, 0.25) is 0 Å². The molecule has 0 N–H and O–H groups in total. The van der Waals surface area contributed by atoms with Crippen LogP contribution in [0.5, 0.6) is 0 Å². The van der Waals surface area contributed by atoms with E-state index in [1.165, 1.54) is 0 Å². The molecule has 0 aliphatic carbocycles. The van der Waals surface area contributed by atoms with Crippen molar-refractivity contribution in [2.75, 3.05) is 19.3 Å². The van der Waals surface area contributed by atoms with Crippen molar-refractivity contribution in [1.82, 2.24) is 4.90 Å². The van der Waals surface area contributed by atoms with Gasteiger partial charge in [-0.25, -0.2) is 0 Å². The van der Waals surface area contributed by atoms with Gasteiger partial charge in [0.05, 0.1) is 0 Å². The van der Waals surface area contributed by atoms with Crippen molar-refractivity contribution >= 4 is 27.7 Å². The van der Waals surface area contributed by atoms with Crippen LogP contribution in [-0.4, -0.2) is 33.1 Å². The van der Waals surface area contributed by atoms with Crippen LogP contribution in [0.4, 0.5) is 0 Å². The van der Waals surface area contributed by atoms with Crippen LogP contribution in [-0.2, 0) is 11.2 Å². The molecular weight excluding hydrogens is 166 g/mol. The van der Waals surface area contributed by atoms with E-state index in [0.717, 1.165) is 13.1 Å². The summed E-state index contributed by atoms with van der Waals surface area (Å²) in [5, 5.41) is 0. The van der Waals surface area contributed by atoms with E-state index in [4.69, 9.17) is 12.2 Å². The summed E-state index contributed by atoms with van der Waals surface area (Å²) in [4.78, 5) is 1.92. The van der Waals surface area contributed by atoms with Crippen molar-refractivity contribution in [1.29, 1.82) is 0 Å². The number of hydrogen-bond donors (Lipinski definition) is 0. The van der Waals surface area contributed by atoms with E-state index in [1.807, 2.05) is 18.7 Å². The smallest absolute Gasteiger partial charge is 0.287 e. The maximum atomic E-state index is 10.8. The highest BCUT2D eigenvalue weighted by molar-refractivity contribution is 8.16. The van der Waals surface area contributed by atoms with Crippen LogP contribution in [0.1, 0.15) is 13.8 Å². The van der Waals surface area contributed by atoms with Gasteiger partial charge in [-0.1, -0.05) is 0 Å². The fourth-order valence-corrected chi connectivity index (χ4v) is 1.54. The van der Waals surface area contributed by atoms with Crippen molar-refractivity contribution < 1.29 is 4.55 Å². The molecule has 0 heterocycles. The maximum absolute atomic E-state index is 10.8. The van der Waals surface area contributed by atoms with Gasteiger partial charge in [0.25, 0.3) is 4.32 Å². The van der Waals surface area contributed by atoms with Crippen molar-refractivity contribution in [2.45, 2.75) is 13.8 Å². The highest BCUT2D eigenvalue weighted by Gasteiger charge is 2.13. The van der Waals surface area contributed by atoms with Crippen LogP contribution in [0.2, 0.25) is 0 Å². The Hall–Kier alpha value is 0.200. The van der Waals surface area contributed by atoms with Gasteiger partial charge in [-0.15, -0.1) is 0 Å². The lowest BCUT2D eigenvalue weighted by molar-refractivity contribution is 0.477. The molecule has 0 aromatic rings. The Morgan fingerprint density at radius 2 is 1.90 bits per heavy atom. The topological polar surface area (TPSA) is 26.3 Å². The molecule has 0 aromatic heterocycles. The third-order valence-corrected chi connectivity index (χ3v) is 2.98. The summed E-state index contributed by atoms with van der Waals surface area (Å²) < 4.78 is 11.4. The summed E-state index contributed by atoms with van der Waals surface area (Å²) in [5.74, 6) is 0. The number of nitrogens with zero attached hydrogens (tertiary/aromatic N) is 1. The van der Waals surface area contributed by atoms with Crippen LogP contribution in [0.3, 0.4) is 0 Å². The van der Waals surface area contributed by atoms with Crippen molar-refractivity contribution in [3.05, 3.63) is 0 Å². The molecule has 0 radical (unpaired) electrons. The molecule has 0 aliphatic rings. The zero-order chi connectivity index (χ0) is 8.15. The predicted molar refractivity (Wildman–Crippen MR) is 49.6 cm³/mol. The van der Waals surface area contributed by atoms with Crippen molar-refractivity contribution in [3.63, 3.8) is 0 Å². The summed E-state index contributed by atoms with van der Waals surface area (Å²) in [6.07, 6.45) is 1.61. The van der Waals surface area contributed by atoms with E-state index in [0.29, 0.717) is 4.32 Å². The van der Waals surface area contributed by atoms with Crippen molar-refractivity contribution in [2.24, 2.45) is 0 Å². The molecule has 0 aromatic carbocycles. The minimum Gasteiger partial charge on any atom is -0.610 e. The van der Waals surface area contributed by atoms with Crippen LogP contribution < -0.4 is 0 Å². The quantitative estimate of drug-likeness (QED) is 0.467. The summed E-state index contributed by atoms with van der Waals surface area (Å²) in [5.41, 5.74) is 0. The highest BCUT2D eigenvalue weighted by atomic mass is 32.2. The van der Waals surface area contributed by atoms with E-state index >= 15 is 0 Å². The Kier molecular flexibility index (Phi) is 5.03. The largest absolute Gasteiger partial charge is 0.610 e. The fraction of sp³-hybridized carbons (Fsp3) is 0.833. The molecule has 1 atom stereocenters. The SMILES string of the molecule is CCN(CC)C(=S)[S+](C)[O-]. The standard InChI is InChI=1S/C6H13NOS2/c1-4-7(5-2)6(9)10(3)8/h4-5H2,1-3H3. The lowest BCUT2D eigenvalue weighted by Gasteiger charge is -2.19. The molecule has 0 rings (SSSR count). The first-order chi connectivity index (χ1) is 4.63. The third kappa shape index (κ3) is 2.86. The molecule has 4 heteroatoms. The maximum Gasteiger partial charge on any atom is 0.287 e. The van der Waals surface area contributed by atoms with E-state index in [1.54, 1.807) is 6.26 Å². The normalized spacial score (nSPS) is 12.8. The fourth-order valence-electron chi connectivity index (χ4n) is 0.664. The number of thiocarbonyl (C=S) groups is 1. The van der Waals surface area contributed by atoms with Gasteiger partial charge in [-0.2, -0.15) is 0 Å². The molecule has 0 bridgehead atoms. The first-order valence-corrected chi connectivity index (χ1v) is 5.22. The van der Waals surface area contributed by atoms with E-state index < -0.39 is 11.2 Å². The van der Waals surface area contributed by atoms with Gasteiger partial charge >= 0.3 is 0 Å². The second-order valence-electron chi connectivity index (χ2n) is 1.89. The number of rotatable bonds is 2. The summed E-state index contributed by atoms with van der Waals surface area (Å²) >= 11 is 3.94. The molecule has 60 valence electrons. The summed E-state index contributed by atoms with van der Waals surface area (Å²) in [6.45, 7) is 5.69. The van der Waals surface area contributed by atoms with Crippen LogP contribution in [0, 0.1) is 0 Å². The Bertz CT molecular complexity index is 112. The van der Waals surface area contributed by atoms with E-state index in [2.05, 4.69) is 0 Å². The Morgan fingerprint density at radius 3 is 2.00 bits per heavy atom. The van der Waals surface area contributed by atoms with E-state index in [-0.39, 0.29) is 0 Å². The molecule has 0 fully saturated rings. The molecule has 0 aliphatic heterocycles. The van der Waals surface area contributed by atoms with E-state index in [9.17, 15) is 4.55 Å². The summed E-state index contributed by atoms with van der Waals surface area (Å²) in [6, 6.07) is 0. The first-order valence-electron chi connectivity index (χ1n) is 3.25. The Morgan fingerprint density at radius 1 is 1.50 bits per heavy atom. The van der Waals surface area contributed by atoms with Crippen molar-refractivity contribution in [3.8, 4) is 0 Å². The lowest BCUT2D eigenvalue weighted by Crippen LogP contribution is -2.34. The molecule has 0 spiro atoms. The molecule has 0 saturated carbocycles. The average molecular weight is 179 g/mol. The second kappa shape index (κ2) is 4.93. The predicted octanol–water partition coefficient (Wildman–Crippen LogP) is 0.992. The summed E-state index contributed by atoms with van der Waals surface area (Å²) in [7, 11) is 0. The molecule has 1 unspecified atom stereocenters.